The lowest BCUT2D eigenvalue weighted by Gasteiger charge is -2.29. The Kier molecular flexibility index (Phi) is 6.32. The Bertz CT molecular complexity index is 813. The van der Waals surface area contributed by atoms with Gasteiger partial charge in [0.05, 0.1) is 24.6 Å². The molecule has 1 aromatic carbocycles. The number of hydrogen-bond acceptors (Lipinski definition) is 6. The van der Waals surface area contributed by atoms with Gasteiger partial charge in [0.1, 0.15) is 24.4 Å². The van der Waals surface area contributed by atoms with E-state index in [1.54, 1.807) is 23.1 Å². The third kappa shape index (κ3) is 4.65. The molecular weight excluding hydrogens is 382 g/mol. The number of hydrogen-bond donors (Lipinski definition) is 4. The molecule has 10 heteroatoms. The summed E-state index contributed by atoms with van der Waals surface area (Å²) >= 11 is 0. The summed E-state index contributed by atoms with van der Waals surface area (Å²) in [6.45, 7) is -0.0365. The largest absolute Gasteiger partial charge is 0.491 e. The van der Waals surface area contributed by atoms with Crippen molar-refractivity contribution in [2.24, 2.45) is 0 Å². The minimum absolute atomic E-state index is 0.129. The van der Waals surface area contributed by atoms with Gasteiger partial charge in [-0.3, -0.25) is 14.4 Å². The van der Waals surface area contributed by atoms with Gasteiger partial charge in [0, 0.05) is 6.54 Å². The average Bonchev–Trinajstić information content (AvgIpc) is 3.17. The summed E-state index contributed by atoms with van der Waals surface area (Å²) in [7, 11) is 0. The Hall–Kier alpha value is -3.14. The van der Waals surface area contributed by atoms with Gasteiger partial charge in [0.15, 0.2) is 0 Å². The maximum absolute atomic E-state index is 12.8. The number of carboxylic acids is 1. The van der Waals surface area contributed by atoms with Gasteiger partial charge in [-0.1, -0.05) is 12.1 Å². The standard InChI is InChI=1S/C19H23N3O7/c23-9-14-18(26)22-7-3-4-11(22)10-29-15-6-2-1-5-12(15)17(25)21-13(19(27)28)8-16(24)20-14/h1-2,5-6,11,13-14,23H,3-4,7-10H2,(H,20,24)(H,21,25)(H,27,28)/t11-,13+,14+/m1/s1. The van der Waals surface area contributed by atoms with Crippen molar-refractivity contribution in [3.05, 3.63) is 29.8 Å². The van der Waals surface area contributed by atoms with E-state index in [2.05, 4.69) is 10.6 Å². The quantitative estimate of drug-likeness (QED) is 0.500. The molecule has 1 aromatic rings. The van der Waals surface area contributed by atoms with Crippen LogP contribution in [0.3, 0.4) is 0 Å². The summed E-state index contributed by atoms with van der Waals surface area (Å²) in [4.78, 5) is 50.8. The second-order valence-electron chi connectivity index (χ2n) is 7.01. The molecule has 10 nitrogen and oxygen atoms in total. The van der Waals surface area contributed by atoms with Crippen molar-refractivity contribution < 1.29 is 34.1 Å². The zero-order chi connectivity index (χ0) is 21.0. The lowest BCUT2D eigenvalue weighted by Crippen LogP contribution is -2.54. The van der Waals surface area contributed by atoms with Crippen molar-refractivity contribution in [1.82, 2.24) is 15.5 Å². The van der Waals surface area contributed by atoms with E-state index in [-0.39, 0.29) is 24.0 Å². The van der Waals surface area contributed by atoms with E-state index >= 15 is 0 Å². The predicted molar refractivity (Wildman–Crippen MR) is 99.2 cm³/mol. The summed E-state index contributed by atoms with van der Waals surface area (Å²) in [6, 6.07) is 3.41. The lowest BCUT2D eigenvalue weighted by atomic mass is 10.1. The molecule has 2 heterocycles. The van der Waals surface area contributed by atoms with Crippen LogP contribution in [0.15, 0.2) is 24.3 Å². The van der Waals surface area contributed by atoms with E-state index in [0.29, 0.717) is 13.0 Å². The number of aliphatic hydroxyl groups excluding tert-OH is 1. The number of aliphatic hydroxyl groups is 1. The first-order valence-electron chi connectivity index (χ1n) is 9.37. The second kappa shape index (κ2) is 8.91. The molecule has 4 N–H and O–H groups in total. The summed E-state index contributed by atoms with van der Waals surface area (Å²) in [6.07, 6.45) is 0.847. The van der Waals surface area contributed by atoms with Crippen molar-refractivity contribution in [2.45, 2.75) is 37.4 Å². The number of carboxylic acid groups (broad SMARTS) is 1. The zero-order valence-electron chi connectivity index (χ0n) is 15.7. The number of benzene rings is 1. The summed E-state index contributed by atoms with van der Waals surface area (Å²) < 4.78 is 5.80. The Morgan fingerprint density at radius 2 is 1.97 bits per heavy atom. The maximum Gasteiger partial charge on any atom is 0.326 e. The smallest absolute Gasteiger partial charge is 0.326 e. The van der Waals surface area contributed by atoms with Crippen molar-refractivity contribution in [3.8, 4) is 5.75 Å². The van der Waals surface area contributed by atoms with Crippen molar-refractivity contribution in [2.75, 3.05) is 19.8 Å². The van der Waals surface area contributed by atoms with Gasteiger partial charge < -0.3 is 30.5 Å². The minimum atomic E-state index is -1.51. The van der Waals surface area contributed by atoms with Crippen LogP contribution in [0.4, 0.5) is 0 Å². The number of carbonyl (C=O) groups is 4. The molecule has 156 valence electrons. The number of nitrogens with one attached hydrogen (secondary N) is 2. The van der Waals surface area contributed by atoms with Gasteiger partial charge in [-0.2, -0.15) is 0 Å². The molecule has 2 aliphatic rings. The molecule has 0 aliphatic carbocycles. The predicted octanol–water partition coefficient (Wildman–Crippen LogP) is -0.880. The molecule has 29 heavy (non-hydrogen) atoms. The van der Waals surface area contributed by atoms with Crippen molar-refractivity contribution >= 4 is 23.7 Å². The highest BCUT2D eigenvalue weighted by atomic mass is 16.5. The van der Waals surface area contributed by atoms with Crippen LogP contribution < -0.4 is 15.4 Å². The highest BCUT2D eigenvalue weighted by molar-refractivity contribution is 6.00. The summed E-state index contributed by atoms with van der Waals surface area (Å²) in [5.41, 5.74) is 0.139. The number of aliphatic carboxylic acids is 1. The van der Waals surface area contributed by atoms with Gasteiger partial charge in [-0.05, 0) is 25.0 Å². The van der Waals surface area contributed by atoms with Crippen LogP contribution in [0.2, 0.25) is 0 Å². The fraction of sp³-hybridized carbons (Fsp3) is 0.474. The molecule has 0 radical (unpaired) electrons. The number of nitrogens with zero attached hydrogens (tertiary/aromatic N) is 1. The first-order chi connectivity index (χ1) is 13.9. The fourth-order valence-electron chi connectivity index (χ4n) is 3.53. The average molecular weight is 405 g/mol. The highest BCUT2D eigenvalue weighted by Gasteiger charge is 2.35. The van der Waals surface area contributed by atoms with Crippen LogP contribution in [0.25, 0.3) is 0 Å². The van der Waals surface area contributed by atoms with Gasteiger partial charge in [0.25, 0.3) is 5.91 Å². The number of amides is 3. The van der Waals surface area contributed by atoms with Crippen LogP contribution in [0.1, 0.15) is 29.6 Å². The van der Waals surface area contributed by atoms with Crippen molar-refractivity contribution in [1.29, 1.82) is 0 Å². The van der Waals surface area contributed by atoms with E-state index in [1.807, 2.05) is 0 Å². The topological polar surface area (TPSA) is 145 Å². The van der Waals surface area contributed by atoms with E-state index in [0.717, 1.165) is 6.42 Å². The Labute approximate surface area is 166 Å². The molecule has 0 bridgehead atoms. The molecule has 0 aromatic heterocycles. The highest BCUT2D eigenvalue weighted by Crippen LogP contribution is 2.23. The maximum atomic E-state index is 12.8. The number of para-hydroxylation sites is 1. The first kappa shape index (κ1) is 20.6. The SMILES string of the molecule is O=C1C[C@@H](C(=O)O)NC(=O)c2ccccc2OC[C@H]2CCCN2C(=O)[C@H](CO)N1. The van der Waals surface area contributed by atoms with E-state index in [9.17, 15) is 29.4 Å². The van der Waals surface area contributed by atoms with E-state index in [4.69, 9.17) is 4.74 Å². The minimum Gasteiger partial charge on any atom is -0.491 e. The Morgan fingerprint density at radius 1 is 1.21 bits per heavy atom. The molecule has 3 rings (SSSR count). The molecule has 1 saturated heterocycles. The number of carbonyl (C=O) groups excluding carboxylic acids is 3. The third-order valence-corrected chi connectivity index (χ3v) is 5.03. The zero-order valence-corrected chi connectivity index (χ0v) is 15.7. The van der Waals surface area contributed by atoms with E-state index < -0.39 is 48.8 Å². The van der Waals surface area contributed by atoms with Gasteiger partial charge in [-0.25, -0.2) is 4.79 Å². The monoisotopic (exact) mass is 405 g/mol. The molecule has 2 aliphatic heterocycles. The van der Waals surface area contributed by atoms with Crippen LogP contribution in [-0.2, 0) is 14.4 Å². The molecule has 0 spiro atoms. The molecule has 0 saturated carbocycles. The van der Waals surface area contributed by atoms with Gasteiger partial charge in [0.2, 0.25) is 11.8 Å². The van der Waals surface area contributed by atoms with E-state index in [1.165, 1.54) is 6.07 Å². The first-order valence-corrected chi connectivity index (χ1v) is 9.37. The summed E-state index contributed by atoms with van der Waals surface area (Å²) in [5, 5.41) is 23.6. The second-order valence-corrected chi connectivity index (χ2v) is 7.01. The Morgan fingerprint density at radius 3 is 2.69 bits per heavy atom. The number of ether oxygens (including phenoxy) is 1. The van der Waals surface area contributed by atoms with Gasteiger partial charge in [-0.15, -0.1) is 0 Å². The third-order valence-electron chi connectivity index (χ3n) is 5.03. The van der Waals surface area contributed by atoms with Crippen LogP contribution in [0, 0.1) is 0 Å². The number of rotatable bonds is 2. The van der Waals surface area contributed by atoms with Crippen LogP contribution in [0.5, 0.6) is 5.75 Å². The molecular formula is C19H23N3O7. The van der Waals surface area contributed by atoms with Crippen LogP contribution >= 0.6 is 0 Å². The molecule has 1 fully saturated rings. The Balaban J connectivity index is 1.94. The van der Waals surface area contributed by atoms with Crippen LogP contribution in [-0.4, -0.2) is 76.7 Å². The number of fused-ring (bicyclic) bond motifs is 2. The summed E-state index contributed by atoms with van der Waals surface area (Å²) in [5.74, 6) is -3.04. The molecule has 0 unspecified atom stereocenters. The van der Waals surface area contributed by atoms with Gasteiger partial charge >= 0.3 is 5.97 Å². The fourth-order valence-corrected chi connectivity index (χ4v) is 3.53. The molecule has 3 amide bonds. The lowest BCUT2D eigenvalue weighted by molar-refractivity contribution is -0.142. The van der Waals surface area contributed by atoms with Crippen molar-refractivity contribution in [3.63, 3.8) is 0 Å². The molecule has 3 atom stereocenters. The normalized spacial score (nSPS) is 25.8.